The molecular formula is C25H29ClN4O3. The highest BCUT2D eigenvalue weighted by Gasteiger charge is 2.23. The minimum Gasteiger partial charge on any atom is -0.490 e. The summed E-state index contributed by atoms with van der Waals surface area (Å²) in [5, 5.41) is 8.32. The number of hydrogen-bond acceptors (Lipinski definition) is 5. The second kappa shape index (κ2) is 10.6. The molecule has 1 aliphatic rings. The Morgan fingerprint density at radius 1 is 0.970 bits per heavy atom. The van der Waals surface area contributed by atoms with Gasteiger partial charge in [0.1, 0.15) is 0 Å². The Labute approximate surface area is 199 Å². The maximum absolute atomic E-state index is 13.2. The third-order valence-corrected chi connectivity index (χ3v) is 5.87. The van der Waals surface area contributed by atoms with Gasteiger partial charge in [0, 0.05) is 42.8 Å². The Hall–Kier alpha value is -3.19. The lowest BCUT2D eigenvalue weighted by Crippen LogP contribution is -2.35. The predicted molar refractivity (Wildman–Crippen MR) is 131 cm³/mol. The number of aromatic amines is 1. The number of carbonyl (C=O) groups excluding carboxylic acids is 1. The molecule has 1 aromatic heterocycles. The van der Waals surface area contributed by atoms with E-state index in [1.54, 1.807) is 6.07 Å². The molecule has 7 nitrogen and oxygen atoms in total. The number of halogens is 1. The van der Waals surface area contributed by atoms with Crippen LogP contribution in [0.25, 0.3) is 11.3 Å². The van der Waals surface area contributed by atoms with Gasteiger partial charge in [0.2, 0.25) is 0 Å². The highest BCUT2D eigenvalue weighted by atomic mass is 35.5. The van der Waals surface area contributed by atoms with Gasteiger partial charge < -0.3 is 19.3 Å². The fourth-order valence-corrected chi connectivity index (χ4v) is 4.09. The largest absolute Gasteiger partial charge is 0.490 e. The number of nitrogens with one attached hydrogen (secondary N) is 1. The maximum Gasteiger partial charge on any atom is 0.254 e. The number of nitrogens with zero attached hydrogens (tertiary/aromatic N) is 3. The van der Waals surface area contributed by atoms with Crippen LogP contribution >= 0.6 is 11.6 Å². The Morgan fingerprint density at radius 2 is 1.73 bits per heavy atom. The highest BCUT2D eigenvalue weighted by molar-refractivity contribution is 6.30. The number of rotatable bonds is 7. The molecule has 33 heavy (non-hydrogen) atoms. The van der Waals surface area contributed by atoms with Gasteiger partial charge >= 0.3 is 0 Å². The van der Waals surface area contributed by atoms with E-state index < -0.39 is 0 Å². The SMILES string of the molecule is CCOc1ccc(C(=O)N2CCCN(c3cc(-c4ccc(Cl)cc4)[nH]n3)CC2)cc1OCC. The zero-order chi connectivity index (χ0) is 23.2. The fourth-order valence-electron chi connectivity index (χ4n) is 3.97. The topological polar surface area (TPSA) is 70.7 Å². The molecule has 0 bridgehead atoms. The van der Waals surface area contributed by atoms with Crippen LogP contribution in [0.1, 0.15) is 30.6 Å². The summed E-state index contributed by atoms with van der Waals surface area (Å²) >= 11 is 5.99. The predicted octanol–water partition coefficient (Wildman–Crippen LogP) is 4.88. The summed E-state index contributed by atoms with van der Waals surface area (Å²) in [6.45, 7) is 7.77. The van der Waals surface area contributed by atoms with E-state index in [0.29, 0.717) is 54.9 Å². The number of amides is 1. The van der Waals surface area contributed by atoms with Crippen molar-refractivity contribution >= 4 is 23.3 Å². The van der Waals surface area contributed by atoms with Crippen LogP contribution in [0.4, 0.5) is 5.82 Å². The number of anilines is 1. The molecule has 0 unspecified atom stereocenters. The minimum absolute atomic E-state index is 0.00438. The van der Waals surface area contributed by atoms with Crippen LogP contribution in [0.15, 0.2) is 48.5 Å². The lowest BCUT2D eigenvalue weighted by Gasteiger charge is -2.22. The number of ether oxygens (including phenoxy) is 2. The summed E-state index contributed by atoms with van der Waals surface area (Å²) in [5.41, 5.74) is 2.59. The molecule has 8 heteroatoms. The molecule has 0 spiro atoms. The smallest absolute Gasteiger partial charge is 0.254 e. The lowest BCUT2D eigenvalue weighted by molar-refractivity contribution is 0.0766. The van der Waals surface area contributed by atoms with Crippen molar-refractivity contribution in [3.63, 3.8) is 0 Å². The molecule has 0 aliphatic carbocycles. The molecular weight excluding hydrogens is 440 g/mol. The van der Waals surface area contributed by atoms with Crippen LogP contribution in [-0.2, 0) is 0 Å². The van der Waals surface area contributed by atoms with Crippen molar-refractivity contribution in [1.82, 2.24) is 15.1 Å². The third-order valence-electron chi connectivity index (χ3n) is 5.62. The Kier molecular flexibility index (Phi) is 7.40. The fraction of sp³-hybridized carbons (Fsp3) is 0.360. The number of benzene rings is 2. The second-order valence-electron chi connectivity index (χ2n) is 7.81. The zero-order valence-electron chi connectivity index (χ0n) is 19.0. The van der Waals surface area contributed by atoms with E-state index in [1.165, 1.54) is 0 Å². The molecule has 4 rings (SSSR count). The van der Waals surface area contributed by atoms with Crippen molar-refractivity contribution in [1.29, 1.82) is 0 Å². The van der Waals surface area contributed by atoms with E-state index in [-0.39, 0.29) is 5.91 Å². The quantitative estimate of drug-likeness (QED) is 0.535. The first-order valence-electron chi connectivity index (χ1n) is 11.3. The third kappa shape index (κ3) is 5.42. The molecule has 0 atom stereocenters. The van der Waals surface area contributed by atoms with Gasteiger partial charge in [-0.25, -0.2) is 0 Å². The van der Waals surface area contributed by atoms with Crippen LogP contribution in [0.2, 0.25) is 5.02 Å². The van der Waals surface area contributed by atoms with Crippen LogP contribution in [0.3, 0.4) is 0 Å². The summed E-state index contributed by atoms with van der Waals surface area (Å²) in [5.74, 6) is 2.15. The number of aromatic nitrogens is 2. The summed E-state index contributed by atoms with van der Waals surface area (Å²) in [6, 6.07) is 15.1. The van der Waals surface area contributed by atoms with Crippen molar-refractivity contribution in [3.8, 4) is 22.8 Å². The van der Waals surface area contributed by atoms with Crippen molar-refractivity contribution in [2.75, 3.05) is 44.3 Å². The van der Waals surface area contributed by atoms with Gasteiger partial charge in [-0.05, 0) is 56.2 Å². The van der Waals surface area contributed by atoms with Gasteiger partial charge in [-0.1, -0.05) is 23.7 Å². The van der Waals surface area contributed by atoms with E-state index in [2.05, 4.69) is 15.1 Å². The highest BCUT2D eigenvalue weighted by Crippen LogP contribution is 2.29. The van der Waals surface area contributed by atoms with Crippen LogP contribution in [0, 0.1) is 0 Å². The number of carbonyl (C=O) groups is 1. The molecule has 1 amide bonds. The number of hydrogen-bond donors (Lipinski definition) is 1. The molecule has 0 radical (unpaired) electrons. The molecule has 0 saturated carbocycles. The van der Waals surface area contributed by atoms with E-state index >= 15 is 0 Å². The standard InChI is InChI=1S/C25H29ClN4O3/c1-3-32-22-11-8-19(16-23(22)33-4-2)25(31)30-13-5-12-29(14-15-30)24-17-21(27-28-24)18-6-9-20(26)10-7-18/h6-11,16-17H,3-5,12-15H2,1-2H3,(H,27,28). The average molecular weight is 469 g/mol. The van der Waals surface area contributed by atoms with Crippen molar-refractivity contribution in [3.05, 3.63) is 59.1 Å². The Bertz CT molecular complexity index is 1080. The van der Waals surface area contributed by atoms with Crippen LogP contribution in [0.5, 0.6) is 11.5 Å². The Morgan fingerprint density at radius 3 is 2.48 bits per heavy atom. The first-order valence-corrected chi connectivity index (χ1v) is 11.7. The van der Waals surface area contributed by atoms with Gasteiger partial charge in [-0.3, -0.25) is 9.89 Å². The average Bonchev–Trinajstić information content (AvgIpc) is 3.18. The normalized spacial score (nSPS) is 14.2. The van der Waals surface area contributed by atoms with E-state index in [4.69, 9.17) is 21.1 Å². The van der Waals surface area contributed by atoms with E-state index in [9.17, 15) is 4.79 Å². The first-order chi connectivity index (χ1) is 16.1. The molecule has 1 fully saturated rings. The number of H-pyrrole nitrogens is 1. The van der Waals surface area contributed by atoms with Crippen molar-refractivity contribution in [2.45, 2.75) is 20.3 Å². The van der Waals surface area contributed by atoms with Gasteiger partial charge in [0.15, 0.2) is 17.3 Å². The molecule has 2 heterocycles. The summed E-state index contributed by atoms with van der Waals surface area (Å²) in [7, 11) is 0. The maximum atomic E-state index is 13.2. The second-order valence-corrected chi connectivity index (χ2v) is 8.24. The molecule has 3 aromatic rings. The summed E-state index contributed by atoms with van der Waals surface area (Å²) in [6.07, 6.45) is 0.865. The molecule has 2 aromatic carbocycles. The summed E-state index contributed by atoms with van der Waals surface area (Å²) < 4.78 is 11.3. The first kappa shape index (κ1) is 23.0. The summed E-state index contributed by atoms with van der Waals surface area (Å²) in [4.78, 5) is 17.3. The lowest BCUT2D eigenvalue weighted by atomic mass is 10.1. The molecule has 1 aliphatic heterocycles. The van der Waals surface area contributed by atoms with Gasteiger partial charge in [0.25, 0.3) is 5.91 Å². The van der Waals surface area contributed by atoms with E-state index in [0.717, 1.165) is 30.0 Å². The van der Waals surface area contributed by atoms with Gasteiger partial charge in [0.05, 0.1) is 18.9 Å². The molecule has 1 N–H and O–H groups in total. The molecule has 1 saturated heterocycles. The van der Waals surface area contributed by atoms with Gasteiger partial charge in [-0.15, -0.1) is 0 Å². The van der Waals surface area contributed by atoms with Crippen molar-refractivity contribution in [2.24, 2.45) is 0 Å². The monoisotopic (exact) mass is 468 g/mol. The van der Waals surface area contributed by atoms with Gasteiger partial charge in [-0.2, -0.15) is 5.10 Å². The zero-order valence-corrected chi connectivity index (χ0v) is 19.8. The molecule has 174 valence electrons. The van der Waals surface area contributed by atoms with Crippen LogP contribution in [-0.4, -0.2) is 60.4 Å². The van der Waals surface area contributed by atoms with Crippen LogP contribution < -0.4 is 14.4 Å². The Balaban J connectivity index is 1.43. The van der Waals surface area contributed by atoms with Crippen molar-refractivity contribution < 1.29 is 14.3 Å². The minimum atomic E-state index is 0.00438. The van der Waals surface area contributed by atoms with E-state index in [1.807, 2.05) is 61.2 Å².